The Morgan fingerprint density at radius 2 is 1.92 bits per heavy atom. The summed E-state index contributed by atoms with van der Waals surface area (Å²) in [5.41, 5.74) is 10.3. The molecule has 0 aromatic carbocycles. The predicted octanol–water partition coefficient (Wildman–Crippen LogP) is -3.80. The number of nitrogens with two attached hydrogens (primary N) is 2. The molecular weight excluding hydrogens is 204 g/mol. The van der Waals surface area contributed by atoms with Crippen molar-refractivity contribution >= 4 is 5.97 Å². The first-order valence-electron chi connectivity index (χ1n) is 3.34. The molecule has 0 aliphatic heterocycles. The van der Waals surface area contributed by atoms with Gasteiger partial charge in [0, 0.05) is 4.66 Å². The molecule has 0 unspecified atom stereocenters. The van der Waals surface area contributed by atoms with E-state index in [1.807, 2.05) is 0 Å². The third-order valence-corrected chi connectivity index (χ3v) is 1.04. The predicted molar refractivity (Wildman–Crippen MR) is 36.1 cm³/mol. The highest BCUT2D eigenvalue weighted by Crippen LogP contribution is 1.91. The van der Waals surface area contributed by atoms with Crippen LogP contribution in [0, 0.1) is 10.8 Å². The number of carboxylic acids is 1. The van der Waals surface area contributed by atoms with Crippen LogP contribution in [0.1, 0.15) is 12.8 Å². The fourth-order valence-electron chi connectivity index (χ4n) is 0.461. The van der Waals surface area contributed by atoms with Gasteiger partial charge in [-0.3, -0.25) is 4.79 Å². The summed E-state index contributed by atoms with van der Waals surface area (Å²) in [4.78, 5) is 10.0. The molecule has 0 radical (unpaired) electrons. The molecule has 0 saturated heterocycles. The molecule has 0 aromatic heterocycles. The minimum absolute atomic E-state index is 0.464. The molecule has 13 heavy (non-hydrogen) atoms. The molecule has 0 aliphatic carbocycles. The van der Waals surface area contributed by atoms with Gasteiger partial charge in [0.2, 0.25) is 0 Å². The second-order valence-electron chi connectivity index (χ2n) is 2.08. The highest BCUT2D eigenvalue weighted by Gasteiger charge is 2.08. The molecule has 0 heterocycles. The summed E-state index contributed by atoms with van der Waals surface area (Å²) in [7, 11) is -2.60. The van der Waals surface area contributed by atoms with Crippen LogP contribution in [0.15, 0.2) is 0 Å². The van der Waals surface area contributed by atoms with Crippen LogP contribution >= 0.6 is 0 Å². The van der Waals surface area contributed by atoms with E-state index < -0.39 is 22.8 Å². The average molecular weight is 217 g/mol. The molecule has 0 bridgehead atoms. The van der Waals surface area contributed by atoms with E-state index in [-0.39, 0.29) is 0 Å². The van der Waals surface area contributed by atoms with E-state index in [4.69, 9.17) is 30.6 Å². The van der Waals surface area contributed by atoms with E-state index in [9.17, 15) is 4.79 Å². The maximum Gasteiger partial charge on any atom is 0.320 e. The zero-order chi connectivity index (χ0) is 10.9. The Hall–Kier alpha value is -0.440. The SMILES string of the molecule is NCCC[C@@H](N)C(=O)O.[O-][Cl+2]([O-])O. The monoisotopic (exact) mass is 216 g/mol. The van der Waals surface area contributed by atoms with Crippen molar-refractivity contribution in [2.45, 2.75) is 18.9 Å². The van der Waals surface area contributed by atoms with Gasteiger partial charge in [-0.1, -0.05) is 0 Å². The molecule has 1 atom stereocenters. The lowest BCUT2D eigenvalue weighted by Crippen LogP contribution is -2.30. The van der Waals surface area contributed by atoms with Crippen LogP contribution in [0.4, 0.5) is 0 Å². The molecule has 6 N–H and O–H groups in total. The number of carboxylic acid groups (broad SMARTS) is 1. The van der Waals surface area contributed by atoms with Gasteiger partial charge < -0.3 is 25.9 Å². The Morgan fingerprint density at radius 3 is 2.15 bits per heavy atom. The van der Waals surface area contributed by atoms with E-state index in [1.165, 1.54) is 0 Å². The van der Waals surface area contributed by atoms with E-state index in [0.717, 1.165) is 0 Å². The minimum Gasteiger partial charge on any atom is -0.480 e. The minimum atomic E-state index is -2.60. The third-order valence-electron chi connectivity index (χ3n) is 1.04. The van der Waals surface area contributed by atoms with E-state index in [1.54, 1.807) is 0 Å². The van der Waals surface area contributed by atoms with Crippen LogP contribution < -0.4 is 20.8 Å². The number of hydrogen-bond acceptors (Lipinski definition) is 6. The Labute approximate surface area is 78.4 Å². The van der Waals surface area contributed by atoms with Gasteiger partial charge in [-0.05, 0) is 19.4 Å². The quantitative estimate of drug-likeness (QED) is 0.375. The standard InChI is InChI=1S/C5H12N2O2.ClHO3/c6-3-1-2-4(7)5(8)9;2-1(3)4/h4H,1-3,6-7H2,(H,8,9);2H/t4-;/m1./s1. The van der Waals surface area contributed by atoms with E-state index in [2.05, 4.69) is 0 Å². The highest BCUT2D eigenvalue weighted by molar-refractivity contribution is 5.72. The van der Waals surface area contributed by atoms with Crippen LogP contribution in [0.3, 0.4) is 0 Å². The molecule has 7 nitrogen and oxygen atoms in total. The second-order valence-corrected chi connectivity index (χ2v) is 2.48. The average Bonchev–Trinajstić information content (AvgIpc) is 1.98. The fraction of sp³-hybridized carbons (Fsp3) is 0.800. The first kappa shape index (κ1) is 15.1. The van der Waals surface area contributed by atoms with Crippen molar-refractivity contribution in [3.8, 4) is 0 Å². The smallest absolute Gasteiger partial charge is 0.320 e. The topological polar surface area (TPSA) is 156 Å². The summed E-state index contributed by atoms with van der Waals surface area (Å²) >= 11 is 0. The Kier molecular flexibility index (Phi) is 11.2. The summed E-state index contributed by atoms with van der Waals surface area (Å²) in [5.74, 6) is -0.955. The Bertz CT molecular complexity index is 131. The van der Waals surface area contributed by atoms with Crippen LogP contribution in [0.25, 0.3) is 0 Å². The molecular formula is C5H13ClN2O5. The summed E-state index contributed by atoms with van der Waals surface area (Å²) in [6, 6.07) is -0.742. The first-order valence-corrected chi connectivity index (χ1v) is 4.30. The molecule has 80 valence electrons. The molecule has 0 aliphatic rings. The van der Waals surface area contributed by atoms with Crippen molar-refractivity contribution in [1.82, 2.24) is 0 Å². The molecule has 0 amide bonds. The maximum absolute atomic E-state index is 10.0. The first-order chi connectivity index (χ1) is 5.91. The van der Waals surface area contributed by atoms with Gasteiger partial charge in [0.15, 0.2) is 0 Å². The Balaban J connectivity index is 0. The fourth-order valence-corrected chi connectivity index (χ4v) is 0.461. The van der Waals surface area contributed by atoms with Gasteiger partial charge in [0.05, 0.1) is 0 Å². The van der Waals surface area contributed by atoms with E-state index in [0.29, 0.717) is 19.4 Å². The van der Waals surface area contributed by atoms with Gasteiger partial charge in [0.1, 0.15) is 6.04 Å². The van der Waals surface area contributed by atoms with Crippen LogP contribution in [0.5, 0.6) is 0 Å². The van der Waals surface area contributed by atoms with Crippen molar-refractivity contribution in [2.75, 3.05) is 6.54 Å². The number of halogens is 1. The number of rotatable bonds is 4. The van der Waals surface area contributed by atoms with Crippen LogP contribution in [0.2, 0.25) is 0 Å². The summed E-state index contributed by atoms with van der Waals surface area (Å²) in [6.45, 7) is 0.501. The molecule has 0 rings (SSSR count). The molecule has 8 heteroatoms. The van der Waals surface area contributed by atoms with Crippen molar-refractivity contribution < 1.29 is 34.7 Å². The number of aliphatic carboxylic acids is 1. The highest BCUT2D eigenvalue weighted by atomic mass is 35.6. The normalized spacial score (nSPS) is 11.8. The van der Waals surface area contributed by atoms with Crippen molar-refractivity contribution in [1.29, 1.82) is 0 Å². The summed E-state index contributed by atoms with van der Waals surface area (Å²) in [5, 5.41) is 8.24. The van der Waals surface area contributed by atoms with Crippen LogP contribution in [-0.2, 0) is 4.79 Å². The maximum atomic E-state index is 10.0. The van der Waals surface area contributed by atoms with Crippen molar-refractivity contribution in [3.63, 3.8) is 0 Å². The molecule has 0 aromatic rings. The molecule has 0 saturated carbocycles. The lowest BCUT2D eigenvalue weighted by molar-refractivity contribution is -1.63. The Morgan fingerprint density at radius 1 is 1.54 bits per heavy atom. The summed E-state index contributed by atoms with van der Waals surface area (Å²) < 4.78 is 24.0. The van der Waals surface area contributed by atoms with Gasteiger partial charge >= 0.3 is 5.97 Å². The lowest BCUT2D eigenvalue weighted by Gasteiger charge is -2.02. The van der Waals surface area contributed by atoms with Gasteiger partial charge in [0.25, 0.3) is 10.8 Å². The van der Waals surface area contributed by atoms with Gasteiger partial charge in [-0.15, -0.1) is 0 Å². The van der Waals surface area contributed by atoms with Gasteiger partial charge in [-0.25, -0.2) is 0 Å². The molecule has 0 fully saturated rings. The zero-order valence-corrected chi connectivity index (χ0v) is 7.61. The second kappa shape index (κ2) is 9.65. The van der Waals surface area contributed by atoms with Crippen LogP contribution in [-0.4, -0.2) is 28.3 Å². The third kappa shape index (κ3) is 18.5. The van der Waals surface area contributed by atoms with E-state index >= 15 is 0 Å². The van der Waals surface area contributed by atoms with Gasteiger partial charge in [-0.2, -0.15) is 0 Å². The number of carbonyl (C=O) groups is 1. The number of hydrogen-bond donors (Lipinski definition) is 4. The van der Waals surface area contributed by atoms with Crippen molar-refractivity contribution in [2.24, 2.45) is 11.5 Å². The summed E-state index contributed by atoms with van der Waals surface area (Å²) in [6.07, 6.45) is 1.14. The largest absolute Gasteiger partial charge is 0.480 e. The van der Waals surface area contributed by atoms with Crippen molar-refractivity contribution in [3.05, 3.63) is 0 Å². The molecule has 0 spiro atoms. The lowest BCUT2D eigenvalue weighted by atomic mass is 10.2. The zero-order valence-electron chi connectivity index (χ0n) is 6.85.